The van der Waals surface area contributed by atoms with E-state index in [1.165, 1.54) is 0 Å². The van der Waals surface area contributed by atoms with Crippen molar-refractivity contribution < 1.29 is 9.53 Å². The van der Waals surface area contributed by atoms with E-state index in [1.54, 1.807) is 18.7 Å². The molecule has 0 aromatic rings. The molecule has 5 heteroatoms. The van der Waals surface area contributed by atoms with Crippen LogP contribution in [-0.2, 0) is 9.53 Å². The first kappa shape index (κ1) is 10.4. The molecule has 1 rings (SSSR count). The van der Waals surface area contributed by atoms with Crippen molar-refractivity contribution in [3.63, 3.8) is 0 Å². The minimum absolute atomic E-state index is 0.222. The molecule has 0 radical (unpaired) electrons. The molecule has 13 heavy (non-hydrogen) atoms. The van der Waals surface area contributed by atoms with E-state index in [9.17, 15) is 4.79 Å². The van der Waals surface area contributed by atoms with Gasteiger partial charge < -0.3 is 10.1 Å². The summed E-state index contributed by atoms with van der Waals surface area (Å²) >= 11 is 1.65. The van der Waals surface area contributed by atoms with Gasteiger partial charge in [0, 0.05) is 12.3 Å². The summed E-state index contributed by atoms with van der Waals surface area (Å²) in [6.07, 6.45) is 1.12. The third-order valence-corrected chi connectivity index (χ3v) is 2.53. The van der Waals surface area contributed by atoms with Crippen LogP contribution < -0.4 is 5.32 Å². The molecular formula is C8H14N2O2S. The highest BCUT2D eigenvalue weighted by Gasteiger charge is 2.07. The van der Waals surface area contributed by atoms with E-state index in [0.717, 1.165) is 23.9 Å². The number of carbonyl (C=O) groups excluding carboxylic acids is 1. The molecule has 1 N–H and O–H groups in total. The van der Waals surface area contributed by atoms with E-state index in [-0.39, 0.29) is 12.5 Å². The fourth-order valence-electron chi connectivity index (χ4n) is 0.926. The maximum absolute atomic E-state index is 10.9. The van der Waals surface area contributed by atoms with Crippen molar-refractivity contribution in [2.24, 2.45) is 4.99 Å². The van der Waals surface area contributed by atoms with Gasteiger partial charge in [0.1, 0.15) is 6.54 Å². The summed E-state index contributed by atoms with van der Waals surface area (Å²) in [7, 11) is 0. The maximum Gasteiger partial charge on any atom is 0.325 e. The first-order chi connectivity index (χ1) is 6.33. The first-order valence-electron chi connectivity index (χ1n) is 4.39. The topological polar surface area (TPSA) is 50.7 Å². The molecule has 4 nitrogen and oxygen atoms in total. The number of hydrogen-bond donors (Lipinski definition) is 1. The highest BCUT2D eigenvalue weighted by Crippen LogP contribution is 2.09. The number of nitrogens with zero attached hydrogens (tertiary/aromatic N) is 1. The molecular weight excluding hydrogens is 188 g/mol. The number of nitrogens with one attached hydrogen (secondary N) is 1. The normalized spacial score (nSPS) is 16.2. The van der Waals surface area contributed by atoms with Crippen LogP contribution in [0.25, 0.3) is 0 Å². The molecule has 0 unspecified atom stereocenters. The van der Waals surface area contributed by atoms with Crippen molar-refractivity contribution >= 4 is 22.9 Å². The van der Waals surface area contributed by atoms with Crippen LogP contribution in [0.2, 0.25) is 0 Å². The van der Waals surface area contributed by atoms with Gasteiger partial charge in [0.15, 0.2) is 5.17 Å². The molecule has 1 aliphatic rings. The molecule has 0 amide bonds. The van der Waals surface area contributed by atoms with Gasteiger partial charge in [-0.3, -0.25) is 9.79 Å². The number of amidine groups is 1. The Morgan fingerprint density at radius 3 is 3.23 bits per heavy atom. The molecule has 74 valence electrons. The molecule has 0 aliphatic carbocycles. The molecule has 0 saturated heterocycles. The molecule has 0 atom stereocenters. The predicted molar refractivity (Wildman–Crippen MR) is 54.0 cm³/mol. The summed E-state index contributed by atoms with van der Waals surface area (Å²) in [6, 6.07) is 0. The number of esters is 1. The molecule has 1 aliphatic heterocycles. The molecule has 0 spiro atoms. The zero-order valence-corrected chi connectivity index (χ0v) is 8.52. The molecule has 0 bridgehead atoms. The maximum atomic E-state index is 10.9. The first-order valence-corrected chi connectivity index (χ1v) is 5.38. The second-order valence-electron chi connectivity index (χ2n) is 2.55. The number of aliphatic imine (C=N–C) groups is 1. The highest BCUT2D eigenvalue weighted by molar-refractivity contribution is 8.13. The lowest BCUT2D eigenvalue weighted by Crippen LogP contribution is -2.30. The average Bonchev–Trinajstić information content (AvgIpc) is 2.17. The van der Waals surface area contributed by atoms with Gasteiger partial charge in [-0.25, -0.2) is 0 Å². The van der Waals surface area contributed by atoms with Crippen molar-refractivity contribution in [2.45, 2.75) is 13.3 Å². The Labute approximate surface area is 82.1 Å². The van der Waals surface area contributed by atoms with Crippen molar-refractivity contribution in [2.75, 3.05) is 25.4 Å². The number of ether oxygens (including phenoxy) is 1. The predicted octanol–water partition coefficient (Wildman–Crippen LogP) is 0.632. The summed E-state index contributed by atoms with van der Waals surface area (Å²) in [4.78, 5) is 15.2. The number of carbonyl (C=O) groups is 1. The van der Waals surface area contributed by atoms with Crippen LogP contribution in [0.15, 0.2) is 4.99 Å². The largest absolute Gasteiger partial charge is 0.465 e. The van der Waals surface area contributed by atoms with E-state index in [0.29, 0.717) is 6.61 Å². The van der Waals surface area contributed by atoms with Gasteiger partial charge in [0.2, 0.25) is 0 Å². The van der Waals surface area contributed by atoms with Crippen molar-refractivity contribution in [1.29, 1.82) is 0 Å². The minimum Gasteiger partial charge on any atom is -0.465 e. The summed E-state index contributed by atoms with van der Waals surface area (Å²) < 4.78 is 4.77. The summed E-state index contributed by atoms with van der Waals surface area (Å²) in [5.74, 6) is 0.852. The lowest BCUT2D eigenvalue weighted by atomic mass is 10.5. The monoisotopic (exact) mass is 202 g/mol. The van der Waals surface area contributed by atoms with E-state index >= 15 is 0 Å². The van der Waals surface area contributed by atoms with E-state index < -0.39 is 0 Å². The third-order valence-electron chi connectivity index (χ3n) is 1.49. The quantitative estimate of drug-likeness (QED) is 0.682. The summed E-state index contributed by atoms with van der Waals surface area (Å²) in [6.45, 7) is 3.31. The van der Waals surface area contributed by atoms with Crippen LogP contribution in [0.4, 0.5) is 0 Å². The van der Waals surface area contributed by atoms with Crippen LogP contribution in [0, 0.1) is 0 Å². The Kier molecular flexibility index (Phi) is 4.67. The van der Waals surface area contributed by atoms with Crippen molar-refractivity contribution in [1.82, 2.24) is 5.32 Å². The molecule has 0 saturated carbocycles. The second-order valence-corrected chi connectivity index (χ2v) is 3.63. The fraction of sp³-hybridized carbons (Fsp3) is 0.750. The van der Waals surface area contributed by atoms with Crippen molar-refractivity contribution in [3.8, 4) is 0 Å². The lowest BCUT2D eigenvalue weighted by molar-refractivity contribution is -0.141. The zero-order valence-electron chi connectivity index (χ0n) is 7.71. The Hall–Kier alpha value is -0.710. The minimum atomic E-state index is -0.226. The van der Waals surface area contributed by atoms with Crippen molar-refractivity contribution in [3.05, 3.63) is 0 Å². The van der Waals surface area contributed by atoms with Gasteiger partial charge in [-0.1, -0.05) is 11.8 Å². The van der Waals surface area contributed by atoms with Gasteiger partial charge in [-0.05, 0) is 13.3 Å². The Morgan fingerprint density at radius 1 is 1.77 bits per heavy atom. The Bertz CT molecular complexity index is 206. The van der Waals surface area contributed by atoms with Gasteiger partial charge in [0.05, 0.1) is 6.61 Å². The van der Waals surface area contributed by atoms with E-state index in [1.807, 2.05) is 0 Å². The van der Waals surface area contributed by atoms with Crippen LogP contribution >= 0.6 is 11.8 Å². The number of thioether (sulfide) groups is 1. The van der Waals surface area contributed by atoms with Crippen LogP contribution in [0.1, 0.15) is 13.3 Å². The van der Waals surface area contributed by atoms with E-state index in [4.69, 9.17) is 4.74 Å². The lowest BCUT2D eigenvalue weighted by Gasteiger charge is -2.12. The van der Waals surface area contributed by atoms with Gasteiger partial charge in [0.25, 0.3) is 0 Å². The fourth-order valence-corrected chi connectivity index (χ4v) is 1.75. The van der Waals surface area contributed by atoms with Gasteiger partial charge in [-0.2, -0.15) is 0 Å². The standard InChI is InChI=1S/C8H14N2O2S/c1-2-12-7(11)6-10-8-9-4-3-5-13-8/h2-6H2,1H3,(H,9,10). The molecule has 1 heterocycles. The Morgan fingerprint density at radius 2 is 2.62 bits per heavy atom. The average molecular weight is 202 g/mol. The van der Waals surface area contributed by atoms with Gasteiger partial charge >= 0.3 is 5.97 Å². The highest BCUT2D eigenvalue weighted by atomic mass is 32.2. The number of rotatable bonds is 3. The molecule has 0 fully saturated rings. The zero-order chi connectivity index (χ0) is 9.52. The second kappa shape index (κ2) is 5.85. The van der Waals surface area contributed by atoms with Crippen LogP contribution in [-0.4, -0.2) is 36.6 Å². The Balaban J connectivity index is 2.17. The van der Waals surface area contributed by atoms with Crippen LogP contribution in [0.5, 0.6) is 0 Å². The molecule has 0 aromatic heterocycles. The third kappa shape index (κ3) is 4.17. The number of hydrogen-bond acceptors (Lipinski definition) is 5. The van der Waals surface area contributed by atoms with E-state index in [2.05, 4.69) is 10.3 Å². The van der Waals surface area contributed by atoms with Gasteiger partial charge in [-0.15, -0.1) is 0 Å². The summed E-state index contributed by atoms with van der Waals surface area (Å²) in [5, 5.41) is 3.81. The molecule has 0 aromatic carbocycles. The van der Waals surface area contributed by atoms with Crippen LogP contribution in [0.3, 0.4) is 0 Å². The smallest absolute Gasteiger partial charge is 0.325 e. The summed E-state index contributed by atoms with van der Waals surface area (Å²) in [5.41, 5.74) is 0. The SMILES string of the molecule is CCOC(=O)CNC1=NCCCS1.